The zero-order valence-corrected chi connectivity index (χ0v) is 23.4. The van der Waals surface area contributed by atoms with Gasteiger partial charge in [-0.1, -0.05) is 69.8 Å². The van der Waals surface area contributed by atoms with Gasteiger partial charge in [0.15, 0.2) is 0 Å². The zero-order chi connectivity index (χ0) is 22.1. The Morgan fingerprint density at radius 2 is 0.750 bits per heavy atom. The number of rotatable bonds is 8. The summed E-state index contributed by atoms with van der Waals surface area (Å²) in [4.78, 5) is 8.94. The van der Waals surface area contributed by atoms with Crippen molar-refractivity contribution in [1.29, 1.82) is 0 Å². The van der Waals surface area contributed by atoms with Crippen LogP contribution in [0, 0.1) is 12.1 Å². The maximum absolute atomic E-state index is 2.99. The third-order valence-corrected chi connectivity index (χ3v) is 4.79. The van der Waals surface area contributed by atoms with E-state index in [1.165, 1.54) is 11.4 Å². The summed E-state index contributed by atoms with van der Waals surface area (Å²) < 4.78 is 0. The average Bonchev–Trinajstić information content (AvgIpc) is 2.79. The molecule has 0 bridgehead atoms. The maximum atomic E-state index is 2.99. The van der Waals surface area contributed by atoms with Crippen molar-refractivity contribution in [2.75, 3.05) is 70.8 Å². The van der Waals surface area contributed by atoms with Crippen LogP contribution in [0.2, 0.25) is 0 Å². The van der Waals surface area contributed by atoms with Crippen molar-refractivity contribution in [2.24, 2.45) is 0 Å². The summed E-state index contributed by atoms with van der Waals surface area (Å²) in [6.07, 6.45) is 0. The average molecular weight is 584 g/mol. The summed E-state index contributed by atoms with van der Waals surface area (Å²) in [5, 5.41) is 0. The van der Waals surface area contributed by atoms with E-state index < -0.39 is 0 Å². The first-order valence-electron chi connectivity index (χ1n) is 10.6. The molecule has 0 heterocycles. The molecule has 0 amide bonds. The summed E-state index contributed by atoms with van der Waals surface area (Å²) in [7, 11) is 8.42. The third-order valence-electron chi connectivity index (χ3n) is 4.79. The van der Waals surface area contributed by atoms with Crippen LogP contribution in [0.15, 0.2) is 48.5 Å². The predicted octanol–water partition coefficient (Wildman–Crippen LogP) is 8.55. The minimum absolute atomic E-state index is 0. The summed E-state index contributed by atoms with van der Waals surface area (Å²) in [5.41, 5.74) is 2.50. The van der Waals surface area contributed by atoms with Gasteiger partial charge in [-0.3, -0.25) is 9.80 Å². The topological polar surface area (TPSA) is 13.0 Å². The van der Waals surface area contributed by atoms with Crippen molar-refractivity contribution in [3.8, 4) is 0 Å². The maximum Gasteiger partial charge on any atom is 0.0500 e. The van der Waals surface area contributed by atoms with Crippen molar-refractivity contribution < 1.29 is 32.7 Å². The molecule has 2 rings (SSSR count). The summed E-state index contributed by atoms with van der Waals surface area (Å²) >= 11 is 0. The van der Waals surface area contributed by atoms with E-state index in [1.807, 2.05) is 24.3 Å². The number of nitrogens with zero attached hydrogens (tertiary/aromatic N) is 4. The molecule has 0 aromatic heterocycles. The molecule has 2 aromatic rings. The van der Waals surface area contributed by atoms with E-state index in [2.05, 4.69) is 112 Å². The molecule has 2 aromatic carbocycles. The van der Waals surface area contributed by atoms with Gasteiger partial charge in [-0.2, -0.15) is 36.4 Å². The number of hydrogen-bond acceptors (Lipinski definition) is 4. The van der Waals surface area contributed by atoms with E-state index in [9.17, 15) is 0 Å². The van der Waals surface area contributed by atoms with Crippen molar-refractivity contribution in [3.05, 3.63) is 60.7 Å². The molecule has 0 aliphatic rings. The molecule has 0 aliphatic heterocycles. The van der Waals surface area contributed by atoms with Gasteiger partial charge in [0, 0.05) is 66.6 Å². The van der Waals surface area contributed by atoms with Gasteiger partial charge in [-0.25, -0.2) is 0 Å². The Morgan fingerprint density at radius 3 is 0.944 bits per heavy atom. The van der Waals surface area contributed by atoms with Gasteiger partial charge in [0.2, 0.25) is 0 Å². The number of benzene rings is 2. The summed E-state index contributed by atoms with van der Waals surface area (Å²) in [5.74, 6) is 0. The summed E-state index contributed by atoms with van der Waals surface area (Å²) in [6.45, 7) is 14.0. The first-order chi connectivity index (χ1) is 13.9. The molecule has 0 N–H and O–H groups in total. The molecule has 0 fully saturated rings. The van der Waals surface area contributed by atoms with E-state index in [0.717, 1.165) is 32.8 Å². The van der Waals surface area contributed by atoms with Crippen LogP contribution in [0.4, 0.5) is 11.4 Å². The first kappa shape index (κ1) is 55.5. The third kappa shape index (κ3) is 27.6. The largest absolute Gasteiger partial charge is 0.397 e. The van der Waals surface area contributed by atoms with Crippen LogP contribution in [0.25, 0.3) is 0 Å². The molecule has 4 nitrogen and oxygen atoms in total. The monoisotopic (exact) mass is 583 g/mol. The number of hydrogen-bond donors (Lipinski definition) is 0. The SMILES string of the molecule is C.C.C.C.C.C.CCN(C)CN(C)CC.CCN(C)c1cc[c-]cc1.CCN(C)c1cc[c-]cc1.[Y]. The van der Waals surface area contributed by atoms with Gasteiger partial charge in [0.05, 0.1) is 0 Å². The first-order valence-corrected chi connectivity index (χ1v) is 10.6. The van der Waals surface area contributed by atoms with Crippen molar-refractivity contribution >= 4 is 11.4 Å². The van der Waals surface area contributed by atoms with Gasteiger partial charge in [0.25, 0.3) is 0 Å². The van der Waals surface area contributed by atoms with E-state index in [4.69, 9.17) is 0 Å². The Balaban J connectivity index is -0.0000000497. The Kier molecular flexibility index (Phi) is 55.9. The smallest absolute Gasteiger partial charge is 0.0500 e. The number of anilines is 2. The van der Waals surface area contributed by atoms with Gasteiger partial charge < -0.3 is 9.80 Å². The minimum atomic E-state index is 0. The Morgan fingerprint density at radius 1 is 0.500 bits per heavy atom. The van der Waals surface area contributed by atoms with Crippen LogP contribution < -0.4 is 9.80 Å². The fourth-order valence-electron chi connectivity index (χ4n) is 2.24. The molecule has 0 spiro atoms. The van der Waals surface area contributed by atoms with E-state index in [0.29, 0.717) is 0 Å². The molecule has 36 heavy (non-hydrogen) atoms. The minimum Gasteiger partial charge on any atom is -0.397 e. The normalized spacial score (nSPS) is 8.06. The fourth-order valence-corrected chi connectivity index (χ4v) is 2.24. The molecule has 215 valence electrons. The van der Waals surface area contributed by atoms with E-state index in [1.54, 1.807) is 0 Å². The molecular weight excluding hydrogens is 517 g/mol. The van der Waals surface area contributed by atoms with Crippen LogP contribution in [0.3, 0.4) is 0 Å². The molecule has 5 heteroatoms. The van der Waals surface area contributed by atoms with Gasteiger partial charge in [-0.15, -0.1) is 24.3 Å². The van der Waals surface area contributed by atoms with Gasteiger partial charge in [0.1, 0.15) is 0 Å². The fraction of sp³-hybridized carbons (Fsp3) is 0.613. The van der Waals surface area contributed by atoms with Crippen LogP contribution in [0.5, 0.6) is 0 Å². The van der Waals surface area contributed by atoms with Crippen LogP contribution in [0.1, 0.15) is 72.3 Å². The molecule has 0 unspecified atom stereocenters. The summed E-state index contributed by atoms with van der Waals surface area (Å²) in [6, 6.07) is 21.9. The molecule has 0 atom stereocenters. The standard InChI is InChI=1S/2C9H12N.C7H18N2.6CH4.Y/c2*1-3-10(2)9-7-5-4-6-8-9;1-5-8(3)7-9(4)6-2;;;;;;;/h2*5-8H,3H2,1-2H3;5-7H2,1-4H3;6*1H4;/q2*-1;;;;;;;;. The van der Waals surface area contributed by atoms with Gasteiger partial charge in [-0.05, 0) is 41.0 Å². The zero-order valence-electron chi connectivity index (χ0n) is 20.5. The Hall–Kier alpha value is -0.936. The van der Waals surface area contributed by atoms with E-state index >= 15 is 0 Å². The second kappa shape index (κ2) is 36.2. The Bertz CT molecular complexity index is 543. The molecule has 0 aliphatic carbocycles. The van der Waals surface area contributed by atoms with Gasteiger partial charge >= 0.3 is 0 Å². The second-order valence-electron chi connectivity index (χ2n) is 7.03. The van der Waals surface area contributed by atoms with E-state index in [-0.39, 0.29) is 77.3 Å². The van der Waals surface area contributed by atoms with Crippen LogP contribution in [-0.4, -0.2) is 70.8 Å². The van der Waals surface area contributed by atoms with Crippen LogP contribution in [-0.2, 0) is 32.7 Å². The van der Waals surface area contributed by atoms with Crippen molar-refractivity contribution in [3.63, 3.8) is 0 Å². The molecule has 0 saturated heterocycles. The Labute approximate surface area is 256 Å². The predicted molar refractivity (Wildman–Crippen MR) is 170 cm³/mol. The molecule has 0 saturated carbocycles. The van der Waals surface area contributed by atoms with Crippen molar-refractivity contribution in [2.45, 2.75) is 72.3 Å². The molecular formula is C31H66N4Y-2. The quantitative estimate of drug-likeness (QED) is 0.228. The van der Waals surface area contributed by atoms with Crippen molar-refractivity contribution in [1.82, 2.24) is 9.80 Å². The molecule has 1 radical (unpaired) electrons. The second-order valence-corrected chi connectivity index (χ2v) is 7.03. The van der Waals surface area contributed by atoms with Crippen LogP contribution >= 0.6 is 0 Å².